The zero-order valence-corrected chi connectivity index (χ0v) is 4.95. The molecular weight excluding hydrogens is 178 g/mol. The highest BCUT2D eigenvalue weighted by Gasteiger charge is 2.52. The van der Waals surface area contributed by atoms with Crippen molar-refractivity contribution in [2.75, 3.05) is 0 Å². The smallest absolute Gasteiger partial charge is 0.338 e. The molecule has 0 radical (unpaired) electrons. The van der Waals surface area contributed by atoms with E-state index in [0.717, 1.165) is 0 Å². The molecule has 0 amide bonds. The molecule has 0 aromatic heterocycles. The molecule has 1 nitrogen and oxygen atoms in total. The van der Waals surface area contributed by atoms with E-state index in [2.05, 4.69) is 0 Å². The normalized spacial score (nSPS) is 16.1. The first kappa shape index (κ1) is 10.5. The molecule has 1 N–H and O–H groups in total. The molecule has 0 spiro atoms. The van der Waals surface area contributed by atoms with Crippen LogP contribution in [0.1, 0.15) is 0 Å². The monoisotopic (exact) mass is 182 g/mol. The molecule has 0 aromatic carbocycles. The van der Waals surface area contributed by atoms with Crippen molar-refractivity contribution in [2.24, 2.45) is 0 Å². The van der Waals surface area contributed by atoms with Crippen molar-refractivity contribution in [1.29, 1.82) is 0 Å². The number of hydrogen-bond acceptors (Lipinski definition) is 1. The highest BCUT2D eigenvalue weighted by Crippen LogP contribution is 2.29. The van der Waals surface area contributed by atoms with Gasteiger partial charge < -0.3 is 5.11 Å². The third-order valence-corrected chi connectivity index (χ3v) is 0.924. The Labute approximate surface area is 57.6 Å². The third-order valence-electron chi connectivity index (χ3n) is 0.924. The third kappa shape index (κ3) is 2.25. The minimum Gasteiger partial charge on any atom is -0.381 e. The van der Waals surface area contributed by atoms with Gasteiger partial charge in [-0.15, -0.1) is 0 Å². The molecule has 0 rings (SSSR count). The van der Waals surface area contributed by atoms with Crippen molar-refractivity contribution in [2.45, 2.75) is 24.9 Å². The summed E-state index contributed by atoms with van der Waals surface area (Å²) in [4.78, 5) is 0. The zero-order chi connectivity index (χ0) is 9.23. The first-order valence-corrected chi connectivity index (χ1v) is 2.42. The number of hydrogen-bond donors (Lipinski definition) is 1. The van der Waals surface area contributed by atoms with Gasteiger partial charge in [0.2, 0.25) is 0 Å². The Morgan fingerprint density at radius 3 is 1.45 bits per heavy atom. The molecule has 0 aliphatic carbocycles. The first-order valence-electron chi connectivity index (χ1n) is 2.42. The largest absolute Gasteiger partial charge is 0.381 e. The summed E-state index contributed by atoms with van der Waals surface area (Å²) >= 11 is 0. The van der Waals surface area contributed by atoms with Crippen molar-refractivity contribution in [1.82, 2.24) is 0 Å². The van der Waals surface area contributed by atoms with Gasteiger partial charge in [0.05, 0.1) is 0 Å². The summed E-state index contributed by atoms with van der Waals surface area (Å²) in [7, 11) is 0. The standard InChI is InChI=1S/C4H4F6O/c5-2(6)1(11)4(9,10)3(7)8/h1-3,11H. The highest BCUT2D eigenvalue weighted by atomic mass is 19.3. The molecule has 68 valence electrons. The van der Waals surface area contributed by atoms with Crippen LogP contribution in [0, 0.1) is 0 Å². The van der Waals surface area contributed by atoms with Gasteiger partial charge in [0.1, 0.15) is 0 Å². The van der Waals surface area contributed by atoms with Crippen LogP contribution in [0.25, 0.3) is 0 Å². The summed E-state index contributed by atoms with van der Waals surface area (Å²) in [5.74, 6) is -5.05. The summed E-state index contributed by atoms with van der Waals surface area (Å²) in [6.45, 7) is 0. The Morgan fingerprint density at radius 2 is 1.36 bits per heavy atom. The number of aliphatic hydroxyl groups is 1. The lowest BCUT2D eigenvalue weighted by atomic mass is 10.2. The van der Waals surface area contributed by atoms with Gasteiger partial charge in [0.15, 0.2) is 6.10 Å². The molecule has 7 heteroatoms. The minimum absolute atomic E-state index is 3.61. The second-order valence-corrected chi connectivity index (χ2v) is 1.75. The maximum atomic E-state index is 11.7. The Hall–Kier alpha value is -0.460. The van der Waals surface area contributed by atoms with Crippen molar-refractivity contribution in [3.8, 4) is 0 Å². The van der Waals surface area contributed by atoms with E-state index in [9.17, 15) is 26.3 Å². The molecule has 0 aliphatic heterocycles. The number of rotatable bonds is 3. The maximum Gasteiger partial charge on any atom is 0.338 e. The van der Waals surface area contributed by atoms with Gasteiger partial charge in [-0.1, -0.05) is 0 Å². The molecule has 0 saturated carbocycles. The molecule has 1 atom stereocenters. The predicted molar refractivity (Wildman–Crippen MR) is 23.0 cm³/mol. The fourth-order valence-electron chi connectivity index (χ4n) is 0.297. The topological polar surface area (TPSA) is 20.2 Å². The van der Waals surface area contributed by atoms with Gasteiger partial charge in [-0.05, 0) is 0 Å². The van der Waals surface area contributed by atoms with E-state index < -0.39 is 24.9 Å². The van der Waals surface area contributed by atoms with Crippen LogP contribution in [-0.4, -0.2) is 30.0 Å². The zero-order valence-electron chi connectivity index (χ0n) is 4.95. The maximum absolute atomic E-state index is 11.7. The fraction of sp³-hybridized carbons (Fsp3) is 1.00. The van der Waals surface area contributed by atoms with Crippen molar-refractivity contribution in [3.05, 3.63) is 0 Å². The summed E-state index contributed by atoms with van der Waals surface area (Å²) in [5.41, 5.74) is 0. The Balaban J connectivity index is 4.29. The van der Waals surface area contributed by atoms with Gasteiger partial charge in [0.25, 0.3) is 6.43 Å². The van der Waals surface area contributed by atoms with Crippen LogP contribution >= 0.6 is 0 Å². The van der Waals surface area contributed by atoms with Crippen molar-refractivity contribution in [3.63, 3.8) is 0 Å². The molecular formula is C4H4F6O. The number of halogens is 6. The lowest BCUT2D eigenvalue weighted by Crippen LogP contribution is -2.44. The van der Waals surface area contributed by atoms with E-state index in [1.807, 2.05) is 0 Å². The number of alkyl halides is 6. The van der Waals surface area contributed by atoms with E-state index in [1.54, 1.807) is 0 Å². The van der Waals surface area contributed by atoms with Gasteiger partial charge >= 0.3 is 12.3 Å². The first-order chi connectivity index (χ1) is 4.80. The molecule has 0 heterocycles. The van der Waals surface area contributed by atoms with E-state index >= 15 is 0 Å². The average molecular weight is 182 g/mol. The quantitative estimate of drug-likeness (QED) is 0.656. The van der Waals surface area contributed by atoms with Crippen LogP contribution in [0.2, 0.25) is 0 Å². The van der Waals surface area contributed by atoms with Gasteiger partial charge in [-0.2, -0.15) is 8.78 Å². The SMILES string of the molecule is OC(C(F)F)C(F)(F)C(F)F. The van der Waals surface area contributed by atoms with Gasteiger partial charge in [0, 0.05) is 0 Å². The molecule has 0 fully saturated rings. The van der Waals surface area contributed by atoms with Gasteiger partial charge in [-0.25, -0.2) is 17.6 Å². The summed E-state index contributed by atoms with van der Waals surface area (Å²) in [6.07, 6.45) is -11.8. The van der Waals surface area contributed by atoms with E-state index in [4.69, 9.17) is 5.11 Å². The van der Waals surface area contributed by atoms with E-state index in [-0.39, 0.29) is 0 Å². The van der Waals surface area contributed by atoms with Crippen molar-refractivity contribution >= 4 is 0 Å². The van der Waals surface area contributed by atoms with E-state index in [0.29, 0.717) is 0 Å². The molecule has 0 aliphatic rings. The molecule has 0 aromatic rings. The second kappa shape index (κ2) is 3.29. The van der Waals surface area contributed by atoms with Crippen LogP contribution in [0.3, 0.4) is 0 Å². The highest BCUT2D eigenvalue weighted by molar-refractivity contribution is 4.80. The van der Waals surface area contributed by atoms with Crippen molar-refractivity contribution < 1.29 is 31.4 Å². The molecule has 0 saturated heterocycles. The van der Waals surface area contributed by atoms with Gasteiger partial charge in [-0.3, -0.25) is 0 Å². The second-order valence-electron chi connectivity index (χ2n) is 1.75. The summed E-state index contributed by atoms with van der Waals surface area (Å²) in [5, 5.41) is 7.84. The number of aliphatic hydroxyl groups excluding tert-OH is 1. The summed E-state index contributed by atoms with van der Waals surface area (Å²) in [6, 6.07) is 0. The molecule has 0 bridgehead atoms. The predicted octanol–water partition coefficient (Wildman–Crippen LogP) is 1.51. The summed E-state index contributed by atoms with van der Waals surface area (Å²) < 4.78 is 68.2. The van der Waals surface area contributed by atoms with Crippen LogP contribution < -0.4 is 0 Å². The van der Waals surface area contributed by atoms with E-state index in [1.165, 1.54) is 0 Å². The lowest BCUT2D eigenvalue weighted by Gasteiger charge is -2.20. The lowest BCUT2D eigenvalue weighted by molar-refractivity contribution is -0.222. The van der Waals surface area contributed by atoms with Crippen LogP contribution in [-0.2, 0) is 0 Å². The average Bonchev–Trinajstić information content (AvgIpc) is 1.85. The van der Waals surface area contributed by atoms with Crippen LogP contribution in [0.5, 0.6) is 0 Å². The Morgan fingerprint density at radius 1 is 1.00 bits per heavy atom. The van der Waals surface area contributed by atoms with Crippen LogP contribution in [0.15, 0.2) is 0 Å². The Bertz CT molecular complexity index is 124. The molecule has 1 unspecified atom stereocenters. The molecule has 11 heavy (non-hydrogen) atoms. The van der Waals surface area contributed by atoms with Crippen LogP contribution in [0.4, 0.5) is 26.3 Å². The fourth-order valence-corrected chi connectivity index (χ4v) is 0.297. The Kier molecular flexibility index (Phi) is 3.15. The minimum atomic E-state index is -5.05.